The van der Waals surface area contributed by atoms with E-state index in [1.807, 2.05) is 0 Å². The number of carbonyl (C=O) groups is 1. The van der Waals surface area contributed by atoms with E-state index in [2.05, 4.69) is 26.0 Å². The SMILES string of the molecule is O=C(C1CC1C(F)(F)F)N1C2CCC1CN(I)C2. The number of nitrogens with zero attached hydrogens (tertiary/aromatic N) is 2. The van der Waals surface area contributed by atoms with Crippen molar-refractivity contribution < 1.29 is 18.0 Å². The summed E-state index contributed by atoms with van der Waals surface area (Å²) in [6, 6.07) is 0.255. The molecule has 3 fully saturated rings. The molecule has 2 saturated heterocycles. The van der Waals surface area contributed by atoms with Gasteiger partial charge in [-0.2, -0.15) is 13.2 Å². The molecule has 0 radical (unpaired) electrons. The van der Waals surface area contributed by atoms with Crippen molar-refractivity contribution >= 4 is 28.8 Å². The smallest absolute Gasteiger partial charge is 0.334 e. The lowest BCUT2D eigenvalue weighted by Crippen LogP contribution is -2.53. The van der Waals surface area contributed by atoms with Crippen molar-refractivity contribution in [3.05, 3.63) is 0 Å². The summed E-state index contributed by atoms with van der Waals surface area (Å²) in [6.07, 6.45) is -2.35. The Kier molecular flexibility index (Phi) is 3.04. The van der Waals surface area contributed by atoms with Crippen LogP contribution in [0.3, 0.4) is 0 Å². The Morgan fingerprint density at radius 3 is 2.17 bits per heavy atom. The van der Waals surface area contributed by atoms with Crippen molar-refractivity contribution in [2.75, 3.05) is 13.1 Å². The maximum Gasteiger partial charge on any atom is 0.392 e. The molecule has 3 rings (SSSR count). The van der Waals surface area contributed by atoms with Crippen LogP contribution in [0.25, 0.3) is 0 Å². The first-order valence-electron chi connectivity index (χ1n) is 6.17. The number of amides is 1. The first-order valence-corrected chi connectivity index (χ1v) is 7.14. The van der Waals surface area contributed by atoms with E-state index in [1.165, 1.54) is 0 Å². The third-order valence-electron chi connectivity index (χ3n) is 4.22. The van der Waals surface area contributed by atoms with Crippen molar-refractivity contribution in [3.63, 3.8) is 0 Å². The molecule has 0 aromatic heterocycles. The van der Waals surface area contributed by atoms with Crippen LogP contribution in [0, 0.1) is 11.8 Å². The summed E-state index contributed by atoms with van der Waals surface area (Å²) < 4.78 is 39.7. The van der Waals surface area contributed by atoms with Gasteiger partial charge < -0.3 is 4.90 Å². The molecule has 0 aromatic carbocycles. The lowest BCUT2D eigenvalue weighted by Gasteiger charge is -2.38. The fourth-order valence-corrected chi connectivity index (χ4v) is 4.14. The van der Waals surface area contributed by atoms with E-state index < -0.39 is 18.0 Å². The number of hydrogen-bond acceptors (Lipinski definition) is 2. The number of rotatable bonds is 1. The fraction of sp³-hybridized carbons (Fsp3) is 0.909. The third-order valence-corrected chi connectivity index (χ3v) is 5.01. The molecule has 7 heteroatoms. The molecule has 2 aliphatic heterocycles. The minimum absolute atomic E-state index is 0.00772. The lowest BCUT2D eigenvalue weighted by atomic mass is 10.1. The maximum absolute atomic E-state index is 12.5. The molecule has 2 bridgehead atoms. The van der Waals surface area contributed by atoms with Crippen molar-refractivity contribution in [1.82, 2.24) is 8.01 Å². The predicted octanol–water partition coefficient (Wildman–Crippen LogP) is 2.21. The lowest BCUT2D eigenvalue weighted by molar-refractivity contribution is -0.159. The zero-order chi connectivity index (χ0) is 13.1. The molecule has 2 heterocycles. The van der Waals surface area contributed by atoms with Gasteiger partial charge in [-0.1, -0.05) is 0 Å². The average molecular weight is 374 g/mol. The molecule has 0 N–H and O–H groups in total. The van der Waals surface area contributed by atoms with E-state index in [0.29, 0.717) is 0 Å². The largest absolute Gasteiger partial charge is 0.392 e. The van der Waals surface area contributed by atoms with Crippen LogP contribution in [0.5, 0.6) is 0 Å². The highest BCUT2D eigenvalue weighted by atomic mass is 127. The Balaban J connectivity index is 1.68. The second-order valence-electron chi connectivity index (χ2n) is 5.45. The Hall–Kier alpha value is -0.0500. The molecule has 0 aromatic rings. The quantitative estimate of drug-likeness (QED) is 0.519. The van der Waals surface area contributed by atoms with Gasteiger partial charge in [0.1, 0.15) is 0 Å². The molecule has 4 unspecified atom stereocenters. The second kappa shape index (κ2) is 4.22. The van der Waals surface area contributed by atoms with Crippen LogP contribution in [0.2, 0.25) is 0 Å². The summed E-state index contributed by atoms with van der Waals surface area (Å²) in [5.74, 6) is -2.44. The fourth-order valence-electron chi connectivity index (χ4n) is 3.23. The predicted molar refractivity (Wildman–Crippen MR) is 66.9 cm³/mol. The summed E-state index contributed by atoms with van der Waals surface area (Å²) in [6.45, 7) is 1.57. The number of piperazine rings is 1. The van der Waals surface area contributed by atoms with Crippen molar-refractivity contribution in [2.24, 2.45) is 11.8 Å². The Labute approximate surface area is 117 Å². The standard InChI is InChI=1S/C11H14F3IN2O/c12-11(13,14)9-3-8(9)10(18)17-6-1-2-7(17)5-16(15)4-6/h6-9H,1-5H2. The molecule has 1 saturated carbocycles. The third kappa shape index (κ3) is 2.13. The summed E-state index contributed by atoms with van der Waals surface area (Å²) in [5.41, 5.74) is 0. The minimum atomic E-state index is -4.20. The van der Waals surface area contributed by atoms with Crippen LogP contribution in [-0.2, 0) is 4.79 Å². The number of carbonyl (C=O) groups excluding carboxylic acids is 1. The average Bonchev–Trinajstić information content (AvgIpc) is 2.99. The van der Waals surface area contributed by atoms with Crippen molar-refractivity contribution in [2.45, 2.75) is 37.5 Å². The molecular weight excluding hydrogens is 360 g/mol. The van der Waals surface area contributed by atoms with Crippen LogP contribution in [0.1, 0.15) is 19.3 Å². The molecule has 1 amide bonds. The zero-order valence-corrected chi connectivity index (χ0v) is 11.8. The van der Waals surface area contributed by atoms with Gasteiger partial charge >= 0.3 is 6.18 Å². The van der Waals surface area contributed by atoms with Gasteiger partial charge in [0, 0.05) is 48.0 Å². The molecular formula is C11H14F3IN2O. The summed E-state index contributed by atoms with van der Waals surface area (Å²) in [5, 5.41) is 0. The maximum atomic E-state index is 12.5. The molecule has 1 aliphatic carbocycles. The number of alkyl halides is 3. The van der Waals surface area contributed by atoms with Gasteiger partial charge in [0.25, 0.3) is 0 Å². The van der Waals surface area contributed by atoms with Crippen LogP contribution >= 0.6 is 22.9 Å². The van der Waals surface area contributed by atoms with Crippen molar-refractivity contribution in [3.8, 4) is 0 Å². The molecule has 4 atom stereocenters. The molecule has 0 spiro atoms. The first kappa shape index (κ1) is 13.0. The van der Waals surface area contributed by atoms with Crippen LogP contribution < -0.4 is 0 Å². The highest BCUT2D eigenvalue weighted by Crippen LogP contribution is 2.52. The number of halogens is 4. The van der Waals surface area contributed by atoms with E-state index in [-0.39, 0.29) is 24.4 Å². The molecule has 18 heavy (non-hydrogen) atoms. The second-order valence-corrected chi connectivity index (χ2v) is 6.81. The summed E-state index contributed by atoms with van der Waals surface area (Å²) >= 11 is 2.23. The molecule has 102 valence electrons. The number of fused-ring (bicyclic) bond motifs is 2. The van der Waals surface area contributed by atoms with Gasteiger partial charge in [0.15, 0.2) is 0 Å². The van der Waals surface area contributed by atoms with Crippen LogP contribution in [0.15, 0.2) is 0 Å². The monoisotopic (exact) mass is 374 g/mol. The Morgan fingerprint density at radius 2 is 1.72 bits per heavy atom. The summed E-state index contributed by atoms with van der Waals surface area (Å²) in [4.78, 5) is 13.9. The van der Waals surface area contributed by atoms with Gasteiger partial charge in [0.05, 0.1) is 11.8 Å². The van der Waals surface area contributed by atoms with E-state index >= 15 is 0 Å². The van der Waals surface area contributed by atoms with Gasteiger partial charge in [-0.15, -0.1) is 0 Å². The van der Waals surface area contributed by atoms with E-state index in [1.54, 1.807) is 4.90 Å². The van der Waals surface area contributed by atoms with Crippen molar-refractivity contribution in [1.29, 1.82) is 0 Å². The van der Waals surface area contributed by atoms with E-state index in [0.717, 1.165) is 25.9 Å². The van der Waals surface area contributed by atoms with E-state index in [9.17, 15) is 18.0 Å². The highest BCUT2D eigenvalue weighted by molar-refractivity contribution is 14.1. The highest BCUT2D eigenvalue weighted by Gasteiger charge is 2.61. The van der Waals surface area contributed by atoms with E-state index in [4.69, 9.17) is 0 Å². The molecule has 3 aliphatic rings. The zero-order valence-electron chi connectivity index (χ0n) is 9.66. The Bertz CT molecular complexity index is 362. The summed E-state index contributed by atoms with van der Waals surface area (Å²) in [7, 11) is 0. The topological polar surface area (TPSA) is 23.6 Å². The first-order chi connectivity index (χ1) is 8.38. The van der Waals surface area contributed by atoms with Crippen LogP contribution in [0.4, 0.5) is 13.2 Å². The normalized spacial score (nSPS) is 40.1. The van der Waals surface area contributed by atoms with Gasteiger partial charge in [0.2, 0.25) is 5.91 Å². The van der Waals surface area contributed by atoms with Gasteiger partial charge in [-0.3, -0.25) is 4.79 Å². The molecule has 3 nitrogen and oxygen atoms in total. The minimum Gasteiger partial charge on any atom is -0.334 e. The Morgan fingerprint density at radius 1 is 1.17 bits per heavy atom. The van der Waals surface area contributed by atoms with Crippen LogP contribution in [-0.4, -0.2) is 45.3 Å². The number of hydrogen-bond donors (Lipinski definition) is 0. The van der Waals surface area contributed by atoms with Gasteiger partial charge in [-0.05, 0) is 19.3 Å². The van der Waals surface area contributed by atoms with Gasteiger partial charge in [-0.25, -0.2) is 3.11 Å².